The van der Waals surface area contributed by atoms with Crippen molar-refractivity contribution in [3.63, 3.8) is 0 Å². The van der Waals surface area contributed by atoms with E-state index in [0.717, 1.165) is 11.1 Å². The largest absolute Gasteiger partial charge is 0.472 e. The third kappa shape index (κ3) is 5.21. The van der Waals surface area contributed by atoms with Crippen molar-refractivity contribution in [3.05, 3.63) is 78.0 Å². The maximum absolute atomic E-state index is 14.2. The molecule has 188 valence electrons. The molecule has 1 aliphatic heterocycles. The van der Waals surface area contributed by atoms with Crippen molar-refractivity contribution in [1.82, 2.24) is 19.8 Å². The summed E-state index contributed by atoms with van der Waals surface area (Å²) >= 11 is 0. The first kappa shape index (κ1) is 25.2. The number of carbonyl (C=O) groups is 2. The predicted octanol–water partition coefficient (Wildman–Crippen LogP) is 3.28. The van der Waals surface area contributed by atoms with Gasteiger partial charge in [0, 0.05) is 43.7 Å². The summed E-state index contributed by atoms with van der Waals surface area (Å²) in [5.41, 5.74) is 1.81. The molecule has 3 atom stereocenters. The Morgan fingerprint density at radius 1 is 1.25 bits per heavy atom. The quantitative estimate of drug-likeness (QED) is 0.568. The molecule has 0 saturated heterocycles. The van der Waals surface area contributed by atoms with Crippen LogP contribution in [0.2, 0.25) is 0 Å². The summed E-state index contributed by atoms with van der Waals surface area (Å²) in [7, 11) is 1.59. The lowest BCUT2D eigenvalue weighted by Gasteiger charge is -2.37. The Bertz CT molecular complexity index is 1240. The van der Waals surface area contributed by atoms with Gasteiger partial charge < -0.3 is 19.6 Å². The molecule has 2 aromatic heterocycles. The molecule has 9 heteroatoms. The number of halogens is 1. The van der Waals surface area contributed by atoms with Gasteiger partial charge in [0.1, 0.15) is 17.5 Å². The Hall–Kier alpha value is -3.85. The Morgan fingerprint density at radius 3 is 2.67 bits per heavy atom. The number of rotatable bonds is 6. The fourth-order valence-corrected chi connectivity index (χ4v) is 4.22. The maximum atomic E-state index is 14.2. The van der Waals surface area contributed by atoms with Crippen LogP contribution in [-0.2, 0) is 0 Å². The van der Waals surface area contributed by atoms with Gasteiger partial charge in [-0.15, -0.1) is 0 Å². The van der Waals surface area contributed by atoms with Gasteiger partial charge in [-0.05, 0) is 42.8 Å². The lowest BCUT2D eigenvalue weighted by molar-refractivity contribution is 0.0312. The number of carbonyl (C=O) groups excluding carboxylic acids is 2. The van der Waals surface area contributed by atoms with Gasteiger partial charge in [-0.3, -0.25) is 14.6 Å². The van der Waals surface area contributed by atoms with Crippen LogP contribution in [0.25, 0.3) is 11.1 Å². The van der Waals surface area contributed by atoms with E-state index in [1.54, 1.807) is 49.6 Å². The second-order valence-corrected chi connectivity index (χ2v) is 9.10. The van der Waals surface area contributed by atoms with Crippen LogP contribution in [0.15, 0.2) is 61.1 Å². The highest BCUT2D eigenvalue weighted by Crippen LogP contribution is 2.30. The number of hydrogen-bond acceptors (Lipinski definition) is 6. The minimum absolute atomic E-state index is 0.0234. The van der Waals surface area contributed by atoms with Crippen LogP contribution in [0, 0.1) is 11.7 Å². The number of pyridine rings is 2. The zero-order chi connectivity index (χ0) is 25.8. The number of benzene rings is 1. The van der Waals surface area contributed by atoms with Gasteiger partial charge in [0.15, 0.2) is 0 Å². The van der Waals surface area contributed by atoms with Crippen LogP contribution < -0.4 is 4.74 Å². The zero-order valence-electron chi connectivity index (χ0n) is 20.5. The lowest BCUT2D eigenvalue weighted by Crippen LogP contribution is -2.50. The van der Waals surface area contributed by atoms with E-state index in [-0.39, 0.29) is 42.0 Å². The SMILES string of the molecule is C[C@@H]1CN([C@@H](C)CO)C(=O)c2cc(-c3ccncc3)cnc2O[C@@H]1CN(C)C(=O)c1ccccc1F. The number of aliphatic hydroxyl groups excluding tert-OH is 1. The smallest absolute Gasteiger partial charge is 0.259 e. The van der Waals surface area contributed by atoms with Gasteiger partial charge in [-0.2, -0.15) is 0 Å². The highest BCUT2D eigenvalue weighted by Gasteiger charge is 2.35. The van der Waals surface area contributed by atoms with Gasteiger partial charge >= 0.3 is 0 Å². The molecule has 0 radical (unpaired) electrons. The average molecular weight is 493 g/mol. The van der Waals surface area contributed by atoms with Crippen LogP contribution in [0.4, 0.5) is 4.39 Å². The topological polar surface area (TPSA) is 95.9 Å². The zero-order valence-corrected chi connectivity index (χ0v) is 20.5. The molecule has 0 unspecified atom stereocenters. The normalized spacial score (nSPS) is 18.5. The van der Waals surface area contributed by atoms with Crippen molar-refractivity contribution in [1.29, 1.82) is 0 Å². The molecule has 3 heterocycles. The molecule has 36 heavy (non-hydrogen) atoms. The molecular weight excluding hydrogens is 463 g/mol. The Morgan fingerprint density at radius 2 is 1.97 bits per heavy atom. The molecule has 0 bridgehead atoms. The van der Waals surface area contributed by atoms with Gasteiger partial charge in [-0.1, -0.05) is 19.1 Å². The summed E-state index contributed by atoms with van der Waals surface area (Å²) in [6, 6.07) is 10.8. The van der Waals surface area contributed by atoms with Crippen molar-refractivity contribution >= 4 is 11.8 Å². The molecule has 0 fully saturated rings. The molecular formula is C27H29FN4O4. The van der Waals surface area contributed by atoms with Gasteiger partial charge in [0.05, 0.1) is 24.8 Å². The summed E-state index contributed by atoms with van der Waals surface area (Å²) in [5.74, 6) is -1.42. The minimum Gasteiger partial charge on any atom is -0.472 e. The number of ether oxygens (including phenoxy) is 1. The molecule has 0 aliphatic carbocycles. The molecule has 0 spiro atoms. The van der Waals surface area contributed by atoms with E-state index < -0.39 is 23.9 Å². The number of aromatic nitrogens is 2. The number of nitrogens with zero attached hydrogens (tertiary/aromatic N) is 4. The Balaban J connectivity index is 1.68. The van der Waals surface area contributed by atoms with Crippen LogP contribution in [-0.4, -0.2) is 75.6 Å². The van der Waals surface area contributed by atoms with Crippen molar-refractivity contribution in [2.24, 2.45) is 5.92 Å². The van der Waals surface area contributed by atoms with E-state index in [1.165, 1.54) is 23.1 Å². The second kappa shape index (κ2) is 10.8. The number of likely N-dealkylation sites (N-methyl/N-ethyl adjacent to an activating group) is 1. The van der Waals surface area contributed by atoms with Crippen molar-refractivity contribution in [2.75, 3.05) is 26.7 Å². The summed E-state index contributed by atoms with van der Waals surface area (Å²) in [6.07, 6.45) is 4.40. The molecule has 8 nitrogen and oxygen atoms in total. The highest BCUT2D eigenvalue weighted by molar-refractivity contribution is 5.98. The van der Waals surface area contributed by atoms with Crippen molar-refractivity contribution in [2.45, 2.75) is 26.0 Å². The Kier molecular flexibility index (Phi) is 7.59. The summed E-state index contributed by atoms with van der Waals surface area (Å²) in [5, 5.41) is 9.83. The molecule has 1 aliphatic rings. The van der Waals surface area contributed by atoms with Crippen LogP contribution >= 0.6 is 0 Å². The molecule has 1 N–H and O–H groups in total. The molecule has 3 aromatic rings. The second-order valence-electron chi connectivity index (χ2n) is 9.10. The molecule has 4 rings (SSSR count). The predicted molar refractivity (Wildman–Crippen MR) is 132 cm³/mol. The van der Waals surface area contributed by atoms with Crippen molar-refractivity contribution < 1.29 is 23.8 Å². The average Bonchev–Trinajstić information content (AvgIpc) is 2.90. The van der Waals surface area contributed by atoms with Crippen LogP contribution in [0.5, 0.6) is 5.88 Å². The summed E-state index contributed by atoms with van der Waals surface area (Å²) < 4.78 is 20.4. The first-order valence-electron chi connectivity index (χ1n) is 11.8. The van der Waals surface area contributed by atoms with Gasteiger partial charge in [-0.25, -0.2) is 9.37 Å². The van der Waals surface area contributed by atoms with E-state index in [4.69, 9.17) is 4.74 Å². The van der Waals surface area contributed by atoms with E-state index in [9.17, 15) is 19.1 Å². The lowest BCUT2D eigenvalue weighted by atomic mass is 9.99. The summed E-state index contributed by atoms with van der Waals surface area (Å²) in [6.45, 7) is 3.92. The van der Waals surface area contributed by atoms with Crippen LogP contribution in [0.3, 0.4) is 0 Å². The molecule has 0 saturated carbocycles. The standard InChI is InChI=1S/C27H29FN4O4/c1-17-14-32(18(2)16-33)27(35)22-12-20(19-8-10-29-11-9-19)13-30-25(22)36-24(17)15-31(3)26(34)21-6-4-5-7-23(21)28/h4-13,17-18,24,33H,14-16H2,1-3H3/t17-,18+,24-/m1/s1. The molecule has 1 aromatic carbocycles. The number of amides is 2. The van der Waals surface area contributed by atoms with E-state index >= 15 is 0 Å². The van der Waals surface area contributed by atoms with E-state index in [0.29, 0.717) is 6.54 Å². The first-order valence-corrected chi connectivity index (χ1v) is 11.8. The van der Waals surface area contributed by atoms with Gasteiger partial charge in [0.25, 0.3) is 11.8 Å². The number of fused-ring (bicyclic) bond motifs is 1. The first-order chi connectivity index (χ1) is 17.3. The number of hydrogen-bond donors (Lipinski definition) is 1. The minimum atomic E-state index is -0.592. The van der Waals surface area contributed by atoms with E-state index in [2.05, 4.69) is 9.97 Å². The third-order valence-electron chi connectivity index (χ3n) is 6.44. The fourth-order valence-electron chi connectivity index (χ4n) is 4.22. The van der Waals surface area contributed by atoms with Crippen LogP contribution in [0.1, 0.15) is 34.6 Å². The molecule has 2 amide bonds. The Labute approximate surface area is 209 Å². The summed E-state index contributed by atoms with van der Waals surface area (Å²) in [4.78, 5) is 38.0. The fraction of sp³-hybridized carbons (Fsp3) is 0.333. The number of aliphatic hydroxyl groups is 1. The maximum Gasteiger partial charge on any atom is 0.259 e. The highest BCUT2D eigenvalue weighted by atomic mass is 19.1. The van der Waals surface area contributed by atoms with E-state index in [1.807, 2.05) is 19.1 Å². The van der Waals surface area contributed by atoms with Crippen molar-refractivity contribution in [3.8, 4) is 17.0 Å². The monoisotopic (exact) mass is 492 g/mol. The third-order valence-corrected chi connectivity index (χ3v) is 6.44. The van der Waals surface area contributed by atoms with Gasteiger partial charge in [0.2, 0.25) is 5.88 Å².